The molecule has 0 atom stereocenters. The second-order valence-corrected chi connectivity index (χ2v) is 6.60. The highest BCUT2D eigenvalue weighted by Crippen LogP contribution is 2.36. The van der Waals surface area contributed by atoms with Crippen molar-refractivity contribution in [1.82, 2.24) is 9.88 Å². The van der Waals surface area contributed by atoms with Gasteiger partial charge >= 0.3 is 0 Å². The third kappa shape index (κ3) is 2.87. The molecule has 4 rings (SSSR count). The normalized spacial score (nSPS) is 12.9. The summed E-state index contributed by atoms with van der Waals surface area (Å²) >= 11 is 6.30. The van der Waals surface area contributed by atoms with Crippen LogP contribution in [0.25, 0.3) is 10.9 Å². The Morgan fingerprint density at radius 1 is 1.20 bits per heavy atom. The summed E-state index contributed by atoms with van der Waals surface area (Å²) < 4.78 is 7.68. The van der Waals surface area contributed by atoms with E-state index in [0.717, 1.165) is 28.6 Å². The number of rotatable bonds is 4. The number of carbonyl (C=O) groups excluding carboxylic acids is 1. The zero-order valence-corrected chi connectivity index (χ0v) is 14.8. The first-order chi connectivity index (χ1) is 12.2. The van der Waals surface area contributed by atoms with Gasteiger partial charge < -0.3 is 14.6 Å². The Balaban J connectivity index is 1.60. The van der Waals surface area contributed by atoms with Crippen LogP contribution >= 0.6 is 11.6 Å². The maximum Gasteiger partial charge on any atom is 0.268 e. The lowest BCUT2D eigenvalue weighted by atomic mass is 10.1. The molecule has 1 N–H and O–H groups in total. The molecule has 2 heterocycles. The van der Waals surface area contributed by atoms with E-state index in [1.807, 2.05) is 22.8 Å². The van der Waals surface area contributed by atoms with Crippen molar-refractivity contribution < 1.29 is 9.53 Å². The van der Waals surface area contributed by atoms with Crippen LogP contribution in [-0.2, 0) is 19.5 Å². The number of nitrogens with zero attached hydrogens (tertiary/aromatic N) is 1. The van der Waals surface area contributed by atoms with Crippen LogP contribution in [0.2, 0.25) is 5.02 Å². The van der Waals surface area contributed by atoms with Crippen molar-refractivity contribution in [1.29, 1.82) is 0 Å². The van der Waals surface area contributed by atoms with Gasteiger partial charge in [-0.15, -0.1) is 0 Å². The molecule has 1 aliphatic heterocycles. The fourth-order valence-electron chi connectivity index (χ4n) is 3.26. The van der Waals surface area contributed by atoms with Crippen molar-refractivity contribution in [2.45, 2.75) is 26.4 Å². The van der Waals surface area contributed by atoms with Crippen molar-refractivity contribution in [2.75, 3.05) is 6.61 Å². The van der Waals surface area contributed by atoms with Crippen LogP contribution in [0.15, 0.2) is 42.5 Å². The third-order valence-corrected chi connectivity index (χ3v) is 4.99. The van der Waals surface area contributed by atoms with Crippen LogP contribution in [0.1, 0.15) is 28.5 Å². The van der Waals surface area contributed by atoms with Crippen molar-refractivity contribution in [2.24, 2.45) is 0 Å². The zero-order chi connectivity index (χ0) is 17.4. The number of ether oxygens (including phenoxy) is 1. The van der Waals surface area contributed by atoms with Gasteiger partial charge in [0.25, 0.3) is 5.91 Å². The van der Waals surface area contributed by atoms with E-state index in [0.29, 0.717) is 30.4 Å². The molecule has 5 heteroatoms. The van der Waals surface area contributed by atoms with Crippen LogP contribution in [0.3, 0.4) is 0 Å². The second-order valence-electron chi connectivity index (χ2n) is 6.19. The summed E-state index contributed by atoms with van der Waals surface area (Å²) in [5.74, 6) is 0.680. The van der Waals surface area contributed by atoms with Gasteiger partial charge in [0.05, 0.1) is 17.1 Å². The SMILES string of the molecule is CCc1ccc(CNC(=O)c2cc3c(Cl)ccc4c3n2CCO4)cc1. The molecule has 3 aromatic rings. The van der Waals surface area contributed by atoms with Crippen molar-refractivity contribution in [3.8, 4) is 5.75 Å². The molecule has 0 saturated heterocycles. The molecule has 0 aliphatic carbocycles. The lowest BCUT2D eigenvalue weighted by molar-refractivity contribution is 0.0940. The number of hydrogen-bond acceptors (Lipinski definition) is 2. The average molecular weight is 355 g/mol. The van der Waals surface area contributed by atoms with Crippen LogP contribution < -0.4 is 10.1 Å². The molecule has 25 heavy (non-hydrogen) atoms. The lowest BCUT2D eigenvalue weighted by Gasteiger charge is -2.19. The minimum absolute atomic E-state index is 0.0975. The number of carbonyl (C=O) groups is 1. The summed E-state index contributed by atoms with van der Waals surface area (Å²) in [4.78, 5) is 12.7. The first-order valence-corrected chi connectivity index (χ1v) is 8.85. The summed E-state index contributed by atoms with van der Waals surface area (Å²) in [5, 5.41) is 4.50. The van der Waals surface area contributed by atoms with Gasteiger partial charge in [0.2, 0.25) is 0 Å². The number of aryl methyl sites for hydroxylation is 1. The van der Waals surface area contributed by atoms with Crippen molar-refractivity contribution >= 4 is 28.4 Å². The quantitative estimate of drug-likeness (QED) is 0.763. The number of aromatic nitrogens is 1. The van der Waals surface area contributed by atoms with E-state index < -0.39 is 0 Å². The van der Waals surface area contributed by atoms with Gasteiger partial charge in [0.1, 0.15) is 18.1 Å². The number of halogens is 1. The summed E-state index contributed by atoms with van der Waals surface area (Å²) in [6.45, 7) is 3.83. The minimum Gasteiger partial charge on any atom is -0.490 e. The minimum atomic E-state index is -0.0975. The van der Waals surface area contributed by atoms with E-state index in [1.54, 1.807) is 0 Å². The van der Waals surface area contributed by atoms with E-state index in [4.69, 9.17) is 16.3 Å². The molecule has 0 saturated carbocycles. The van der Waals surface area contributed by atoms with E-state index in [2.05, 4.69) is 36.5 Å². The highest BCUT2D eigenvalue weighted by molar-refractivity contribution is 6.36. The fourth-order valence-corrected chi connectivity index (χ4v) is 3.47. The summed E-state index contributed by atoms with van der Waals surface area (Å²) in [6.07, 6.45) is 1.01. The Labute approximate surface area is 151 Å². The van der Waals surface area contributed by atoms with E-state index in [1.165, 1.54) is 5.56 Å². The van der Waals surface area contributed by atoms with Crippen LogP contribution in [0, 0.1) is 0 Å². The van der Waals surface area contributed by atoms with E-state index in [-0.39, 0.29) is 5.91 Å². The Bertz CT molecular complexity index is 944. The van der Waals surface area contributed by atoms with Gasteiger partial charge in [0, 0.05) is 11.9 Å². The van der Waals surface area contributed by atoms with Gasteiger partial charge in [-0.3, -0.25) is 4.79 Å². The molecule has 1 aliphatic rings. The van der Waals surface area contributed by atoms with Gasteiger partial charge in [0.15, 0.2) is 0 Å². The largest absolute Gasteiger partial charge is 0.490 e. The Morgan fingerprint density at radius 3 is 2.72 bits per heavy atom. The van der Waals surface area contributed by atoms with Gasteiger partial charge in [-0.25, -0.2) is 0 Å². The Kier molecular flexibility index (Phi) is 4.14. The van der Waals surface area contributed by atoms with E-state index in [9.17, 15) is 4.79 Å². The number of hydrogen-bond donors (Lipinski definition) is 1. The maximum absolute atomic E-state index is 12.7. The average Bonchev–Trinajstić information content (AvgIpc) is 3.05. The molecule has 2 aromatic carbocycles. The first kappa shape index (κ1) is 16.0. The summed E-state index contributed by atoms with van der Waals surface area (Å²) in [7, 11) is 0. The van der Waals surface area contributed by atoms with Crippen molar-refractivity contribution in [3.05, 3.63) is 64.3 Å². The number of benzene rings is 2. The second kappa shape index (κ2) is 6.45. The maximum atomic E-state index is 12.7. The molecule has 0 radical (unpaired) electrons. The molecule has 0 spiro atoms. The molecule has 0 bridgehead atoms. The molecular formula is C20H19ClN2O2. The van der Waals surface area contributed by atoms with Crippen molar-refractivity contribution in [3.63, 3.8) is 0 Å². The van der Waals surface area contributed by atoms with Gasteiger partial charge in [-0.1, -0.05) is 42.8 Å². The highest BCUT2D eigenvalue weighted by Gasteiger charge is 2.22. The number of amides is 1. The van der Waals surface area contributed by atoms with Gasteiger partial charge in [-0.2, -0.15) is 0 Å². The van der Waals surface area contributed by atoms with Gasteiger partial charge in [-0.05, 0) is 35.7 Å². The first-order valence-electron chi connectivity index (χ1n) is 8.48. The molecule has 1 amide bonds. The predicted octanol–water partition coefficient (Wildman–Crippen LogP) is 4.18. The third-order valence-electron chi connectivity index (χ3n) is 4.66. The molecule has 128 valence electrons. The monoisotopic (exact) mass is 354 g/mol. The fraction of sp³-hybridized carbons (Fsp3) is 0.250. The van der Waals surface area contributed by atoms with E-state index >= 15 is 0 Å². The molecule has 1 aromatic heterocycles. The Morgan fingerprint density at radius 2 is 1.96 bits per heavy atom. The molecule has 4 nitrogen and oxygen atoms in total. The molecule has 0 fully saturated rings. The number of nitrogens with one attached hydrogen (secondary N) is 1. The smallest absolute Gasteiger partial charge is 0.268 e. The predicted molar refractivity (Wildman–Crippen MR) is 99.4 cm³/mol. The Hall–Kier alpha value is -2.46. The molecule has 0 unspecified atom stereocenters. The highest BCUT2D eigenvalue weighted by atomic mass is 35.5. The zero-order valence-electron chi connectivity index (χ0n) is 14.0. The van der Waals surface area contributed by atoms with Crippen LogP contribution in [0.5, 0.6) is 5.75 Å². The summed E-state index contributed by atoms with van der Waals surface area (Å²) in [6, 6.07) is 13.8. The van der Waals surface area contributed by atoms with Crippen LogP contribution in [-0.4, -0.2) is 17.1 Å². The lowest BCUT2D eigenvalue weighted by Crippen LogP contribution is -2.27. The molecular weight excluding hydrogens is 336 g/mol. The summed E-state index contributed by atoms with van der Waals surface area (Å²) in [5.41, 5.74) is 3.90. The van der Waals surface area contributed by atoms with Crippen LogP contribution in [0.4, 0.5) is 0 Å². The topological polar surface area (TPSA) is 43.3 Å². The standard InChI is InChI=1S/C20H19ClN2O2/c1-2-13-3-5-14(6-4-13)12-22-20(24)17-11-15-16(21)7-8-18-19(15)23(17)9-10-25-18/h3-8,11H,2,9-10,12H2,1H3,(H,22,24).